The van der Waals surface area contributed by atoms with Crippen molar-refractivity contribution in [3.8, 4) is 11.4 Å². The third-order valence-electron chi connectivity index (χ3n) is 1.93. The molecule has 0 amide bonds. The predicted octanol–water partition coefficient (Wildman–Crippen LogP) is 1.25. The van der Waals surface area contributed by atoms with Crippen molar-refractivity contribution in [2.75, 3.05) is 0 Å². The summed E-state index contributed by atoms with van der Waals surface area (Å²) in [5, 5.41) is 0. The molecule has 0 aromatic carbocycles. The number of nitrogens with zero attached hydrogens (tertiary/aromatic N) is 1. The number of hydrogen-bond donors (Lipinski definition) is 1. The van der Waals surface area contributed by atoms with Crippen LogP contribution in [-0.4, -0.2) is 16.3 Å². The number of aldehydes is 1. The van der Waals surface area contributed by atoms with Gasteiger partial charge in [0.15, 0.2) is 11.7 Å². The lowest BCUT2D eigenvalue weighted by Gasteiger charge is -2.00. The zero-order valence-electron chi connectivity index (χ0n) is 7.81. The smallest absolute Gasteiger partial charge is 0.182 e. The molecule has 0 aliphatic carbocycles. The van der Waals surface area contributed by atoms with Gasteiger partial charge in [0.2, 0.25) is 0 Å². The molecule has 1 N–H and O–H groups in total. The molecule has 74 valence electrons. The van der Waals surface area contributed by atoms with Gasteiger partial charge in [-0.3, -0.25) is 14.6 Å². The lowest BCUT2D eigenvalue weighted by atomic mass is 10.2. The van der Waals surface area contributed by atoms with Crippen LogP contribution in [0.3, 0.4) is 0 Å². The Hall–Kier alpha value is -2.23. The first-order valence-corrected chi connectivity index (χ1v) is 4.40. The average Bonchev–Trinajstić information content (AvgIpc) is 2.29. The molecule has 0 spiro atoms. The van der Waals surface area contributed by atoms with Gasteiger partial charge < -0.3 is 4.98 Å². The van der Waals surface area contributed by atoms with Gasteiger partial charge in [-0.05, 0) is 12.1 Å². The molecule has 0 aliphatic rings. The van der Waals surface area contributed by atoms with Crippen LogP contribution in [0.15, 0.2) is 41.3 Å². The normalized spacial score (nSPS) is 9.87. The molecule has 0 aliphatic heterocycles. The molecule has 4 nitrogen and oxygen atoms in total. The molecule has 2 aromatic heterocycles. The van der Waals surface area contributed by atoms with Crippen molar-refractivity contribution >= 4 is 6.29 Å². The minimum atomic E-state index is -0.212. The summed E-state index contributed by atoms with van der Waals surface area (Å²) in [6.45, 7) is 0. The second-order valence-corrected chi connectivity index (χ2v) is 3.02. The van der Waals surface area contributed by atoms with Crippen LogP contribution in [0.1, 0.15) is 10.5 Å². The van der Waals surface area contributed by atoms with Gasteiger partial charge in [0.05, 0.1) is 17.1 Å². The minimum absolute atomic E-state index is 0.212. The number of aromatic nitrogens is 2. The first-order valence-electron chi connectivity index (χ1n) is 4.40. The van der Waals surface area contributed by atoms with Gasteiger partial charge in [-0.15, -0.1) is 0 Å². The number of aromatic amines is 1. The van der Waals surface area contributed by atoms with Gasteiger partial charge in [-0.25, -0.2) is 0 Å². The molecule has 0 unspecified atom stereocenters. The van der Waals surface area contributed by atoms with E-state index in [1.54, 1.807) is 18.3 Å². The summed E-state index contributed by atoms with van der Waals surface area (Å²) in [6, 6.07) is 8.02. The van der Waals surface area contributed by atoms with Gasteiger partial charge in [0.1, 0.15) is 0 Å². The topological polar surface area (TPSA) is 62.8 Å². The lowest BCUT2D eigenvalue weighted by Crippen LogP contribution is -2.04. The number of H-pyrrole nitrogens is 1. The molecule has 0 radical (unpaired) electrons. The highest BCUT2D eigenvalue weighted by atomic mass is 16.1. The van der Waals surface area contributed by atoms with E-state index in [2.05, 4.69) is 9.97 Å². The molecular weight excluding hydrogens is 192 g/mol. The first-order chi connectivity index (χ1) is 7.29. The third-order valence-corrected chi connectivity index (χ3v) is 1.93. The van der Waals surface area contributed by atoms with E-state index in [9.17, 15) is 9.59 Å². The van der Waals surface area contributed by atoms with Crippen LogP contribution in [0.5, 0.6) is 0 Å². The zero-order valence-corrected chi connectivity index (χ0v) is 7.81. The maximum Gasteiger partial charge on any atom is 0.182 e. The number of hydrogen-bond acceptors (Lipinski definition) is 3. The standard InChI is InChI=1S/C11H8N2O2/c14-7-8-5-9(15)6-11(13-8)10-3-1-2-4-12-10/h1-7H,(H,13,15). The van der Waals surface area contributed by atoms with Gasteiger partial charge in [0.25, 0.3) is 0 Å². The van der Waals surface area contributed by atoms with E-state index in [0.717, 1.165) is 0 Å². The Bertz CT molecular complexity index is 532. The Morgan fingerprint density at radius 2 is 2.13 bits per heavy atom. The highest BCUT2D eigenvalue weighted by molar-refractivity contribution is 5.73. The molecular formula is C11H8N2O2. The molecule has 0 bridgehead atoms. The second-order valence-electron chi connectivity index (χ2n) is 3.02. The van der Waals surface area contributed by atoms with Crippen LogP contribution >= 0.6 is 0 Å². The quantitative estimate of drug-likeness (QED) is 0.742. The van der Waals surface area contributed by atoms with Crippen LogP contribution in [0.25, 0.3) is 11.4 Å². The lowest BCUT2D eigenvalue weighted by molar-refractivity contribution is 0.111. The number of carbonyl (C=O) groups excluding carboxylic acids is 1. The summed E-state index contributed by atoms with van der Waals surface area (Å²) in [5.74, 6) is 0. The van der Waals surface area contributed by atoms with Crippen LogP contribution in [-0.2, 0) is 0 Å². The SMILES string of the molecule is O=Cc1cc(=O)cc(-c2ccccn2)[nH]1. The highest BCUT2D eigenvalue weighted by Gasteiger charge is 2.01. The fourth-order valence-electron chi connectivity index (χ4n) is 1.29. The first kappa shape index (κ1) is 9.33. The van der Waals surface area contributed by atoms with Gasteiger partial charge in [0, 0.05) is 18.3 Å². The molecule has 4 heteroatoms. The third kappa shape index (κ3) is 1.99. The van der Waals surface area contributed by atoms with Gasteiger partial charge >= 0.3 is 0 Å². The highest BCUT2D eigenvalue weighted by Crippen LogP contribution is 2.10. The monoisotopic (exact) mass is 200 g/mol. The molecule has 0 fully saturated rings. The average molecular weight is 200 g/mol. The number of carbonyl (C=O) groups is 1. The second kappa shape index (κ2) is 3.88. The summed E-state index contributed by atoms with van der Waals surface area (Å²) in [5.41, 5.74) is 1.23. The molecule has 2 aromatic rings. The Kier molecular flexibility index (Phi) is 2.41. The van der Waals surface area contributed by atoms with E-state index in [1.165, 1.54) is 12.1 Å². The van der Waals surface area contributed by atoms with Crippen molar-refractivity contribution in [3.63, 3.8) is 0 Å². The summed E-state index contributed by atoms with van der Waals surface area (Å²) < 4.78 is 0. The van der Waals surface area contributed by atoms with Crippen molar-refractivity contribution < 1.29 is 4.79 Å². The molecule has 0 atom stereocenters. The van der Waals surface area contributed by atoms with E-state index in [-0.39, 0.29) is 11.1 Å². The summed E-state index contributed by atoms with van der Waals surface area (Å²) >= 11 is 0. The van der Waals surface area contributed by atoms with Crippen molar-refractivity contribution in [2.24, 2.45) is 0 Å². The number of nitrogens with one attached hydrogen (secondary N) is 1. The summed E-state index contributed by atoms with van der Waals surface area (Å²) in [6.07, 6.45) is 2.23. The maximum atomic E-state index is 11.2. The summed E-state index contributed by atoms with van der Waals surface area (Å²) in [4.78, 5) is 28.7. The van der Waals surface area contributed by atoms with Crippen LogP contribution in [0, 0.1) is 0 Å². The number of pyridine rings is 2. The van der Waals surface area contributed by atoms with Crippen molar-refractivity contribution in [2.45, 2.75) is 0 Å². The van der Waals surface area contributed by atoms with E-state index < -0.39 is 0 Å². The maximum absolute atomic E-state index is 11.2. The van der Waals surface area contributed by atoms with Crippen LogP contribution < -0.4 is 5.43 Å². The molecule has 0 saturated carbocycles. The Morgan fingerprint density at radius 3 is 2.80 bits per heavy atom. The molecule has 15 heavy (non-hydrogen) atoms. The Balaban J connectivity index is 2.59. The minimum Gasteiger partial charge on any atom is -0.351 e. The molecule has 2 rings (SSSR count). The van der Waals surface area contributed by atoms with E-state index in [4.69, 9.17) is 0 Å². The molecule has 0 saturated heterocycles. The van der Waals surface area contributed by atoms with Crippen molar-refractivity contribution in [1.82, 2.24) is 9.97 Å². The molecule has 2 heterocycles. The van der Waals surface area contributed by atoms with Crippen molar-refractivity contribution in [3.05, 3.63) is 52.4 Å². The van der Waals surface area contributed by atoms with E-state index >= 15 is 0 Å². The van der Waals surface area contributed by atoms with Gasteiger partial charge in [-0.2, -0.15) is 0 Å². The zero-order chi connectivity index (χ0) is 10.7. The predicted molar refractivity (Wildman–Crippen MR) is 55.7 cm³/mol. The van der Waals surface area contributed by atoms with E-state index in [1.807, 2.05) is 6.07 Å². The van der Waals surface area contributed by atoms with E-state index in [0.29, 0.717) is 17.7 Å². The van der Waals surface area contributed by atoms with Crippen molar-refractivity contribution in [1.29, 1.82) is 0 Å². The number of rotatable bonds is 2. The Labute approximate surface area is 85.6 Å². The summed E-state index contributed by atoms with van der Waals surface area (Å²) in [7, 11) is 0. The largest absolute Gasteiger partial charge is 0.351 e. The van der Waals surface area contributed by atoms with Crippen LogP contribution in [0.2, 0.25) is 0 Å². The fraction of sp³-hybridized carbons (Fsp3) is 0. The van der Waals surface area contributed by atoms with Gasteiger partial charge in [-0.1, -0.05) is 6.07 Å². The van der Waals surface area contributed by atoms with Crippen LogP contribution in [0.4, 0.5) is 0 Å². The fourth-order valence-corrected chi connectivity index (χ4v) is 1.29. The Morgan fingerprint density at radius 1 is 1.27 bits per heavy atom.